The molecular formula is C21H16Cl2N2O5S2. The fourth-order valence-corrected chi connectivity index (χ4v) is 9.78. The Morgan fingerprint density at radius 2 is 1.88 bits per heavy atom. The van der Waals surface area contributed by atoms with E-state index in [2.05, 4.69) is 4.98 Å². The molecule has 7 nitrogen and oxygen atoms in total. The highest BCUT2D eigenvalue weighted by atomic mass is 35.5. The molecule has 2 bridgehead atoms. The Kier molecular flexibility index (Phi) is 4.60. The summed E-state index contributed by atoms with van der Waals surface area (Å²) in [5, 5.41) is 10.8. The molecule has 1 saturated heterocycles. The fraction of sp³-hybridized carbons (Fsp3) is 0.429. The molecule has 2 aliphatic carbocycles. The number of nitrogens with zero attached hydrogens (tertiary/aromatic N) is 1. The molecule has 11 heteroatoms. The van der Waals surface area contributed by atoms with Crippen LogP contribution in [0.2, 0.25) is 10.0 Å². The van der Waals surface area contributed by atoms with Crippen molar-refractivity contribution in [1.29, 1.82) is 0 Å². The molecular weight excluding hydrogens is 495 g/mol. The SMILES string of the molecule is O=C(O)CN1C(=O)[C@@H]2[C@H]3C[C@@H]([C@@H]2C1=O)[C@@H]1[C@H](c2cccc(Cl)c2Cl)c2sc(=O)[nH]c2S[C@@H]31. The highest BCUT2D eigenvalue weighted by Gasteiger charge is 2.69. The minimum Gasteiger partial charge on any atom is -0.480 e. The number of aromatic amines is 1. The zero-order valence-corrected chi connectivity index (χ0v) is 19.4. The predicted molar refractivity (Wildman–Crippen MR) is 119 cm³/mol. The number of hydrogen-bond acceptors (Lipinski definition) is 6. The maximum absolute atomic E-state index is 13.1. The summed E-state index contributed by atoms with van der Waals surface area (Å²) in [4.78, 5) is 54.2. The number of halogens is 2. The van der Waals surface area contributed by atoms with E-state index < -0.39 is 24.3 Å². The lowest BCUT2D eigenvalue weighted by Crippen LogP contribution is -2.42. The van der Waals surface area contributed by atoms with Crippen LogP contribution in [-0.4, -0.2) is 44.6 Å². The molecule has 7 atom stereocenters. The number of fused-ring (bicyclic) bond motifs is 9. The predicted octanol–water partition coefficient (Wildman–Crippen LogP) is 3.30. The largest absolute Gasteiger partial charge is 0.480 e. The van der Waals surface area contributed by atoms with E-state index in [-0.39, 0.29) is 45.6 Å². The average molecular weight is 511 g/mol. The highest BCUT2D eigenvalue weighted by Crippen LogP contribution is 2.68. The molecule has 6 rings (SSSR count). The number of likely N-dealkylation sites (tertiary alicyclic amines) is 1. The highest BCUT2D eigenvalue weighted by molar-refractivity contribution is 8.00. The topological polar surface area (TPSA) is 108 Å². The first-order valence-corrected chi connectivity index (χ1v) is 12.6. The van der Waals surface area contributed by atoms with Gasteiger partial charge in [-0.2, -0.15) is 0 Å². The van der Waals surface area contributed by atoms with Crippen LogP contribution in [0.4, 0.5) is 0 Å². The Balaban J connectivity index is 1.48. The number of benzene rings is 1. The van der Waals surface area contributed by atoms with Gasteiger partial charge < -0.3 is 10.1 Å². The van der Waals surface area contributed by atoms with E-state index in [0.717, 1.165) is 38.1 Å². The van der Waals surface area contributed by atoms with Crippen molar-refractivity contribution >= 4 is 64.1 Å². The molecule has 1 aromatic carbocycles. The molecule has 2 N–H and O–H groups in total. The van der Waals surface area contributed by atoms with Gasteiger partial charge in [0.2, 0.25) is 11.8 Å². The second-order valence-electron chi connectivity index (χ2n) is 8.76. The zero-order valence-electron chi connectivity index (χ0n) is 16.3. The third-order valence-corrected chi connectivity index (χ3v) is 10.8. The van der Waals surface area contributed by atoms with Crippen molar-refractivity contribution in [2.45, 2.75) is 22.6 Å². The monoisotopic (exact) mass is 510 g/mol. The van der Waals surface area contributed by atoms with Gasteiger partial charge in [-0.15, -0.1) is 11.8 Å². The van der Waals surface area contributed by atoms with E-state index in [1.54, 1.807) is 17.8 Å². The summed E-state index contributed by atoms with van der Waals surface area (Å²) < 4.78 is 0. The van der Waals surface area contributed by atoms with Gasteiger partial charge >= 0.3 is 10.8 Å². The lowest BCUT2D eigenvalue weighted by molar-refractivity contribution is -0.149. The van der Waals surface area contributed by atoms with Crippen LogP contribution in [0.3, 0.4) is 0 Å². The number of H-pyrrole nitrogens is 1. The van der Waals surface area contributed by atoms with Gasteiger partial charge in [0.25, 0.3) is 0 Å². The maximum atomic E-state index is 13.1. The number of aliphatic carboxylic acids is 1. The molecule has 32 heavy (non-hydrogen) atoms. The van der Waals surface area contributed by atoms with Gasteiger partial charge in [0.15, 0.2) is 0 Å². The van der Waals surface area contributed by atoms with Gasteiger partial charge in [-0.3, -0.25) is 24.1 Å². The summed E-state index contributed by atoms with van der Waals surface area (Å²) in [6.07, 6.45) is 0.726. The Hall–Kier alpha value is -1.81. The van der Waals surface area contributed by atoms with Crippen molar-refractivity contribution in [2.24, 2.45) is 29.6 Å². The molecule has 0 unspecified atom stereocenters. The molecule has 3 heterocycles. The first kappa shape index (κ1) is 20.8. The molecule has 3 fully saturated rings. The van der Waals surface area contributed by atoms with Gasteiger partial charge in [-0.1, -0.05) is 46.7 Å². The summed E-state index contributed by atoms with van der Waals surface area (Å²) in [6.45, 7) is -0.600. The number of hydrogen-bond donors (Lipinski definition) is 2. The number of rotatable bonds is 3. The van der Waals surface area contributed by atoms with Crippen LogP contribution in [0.15, 0.2) is 28.0 Å². The van der Waals surface area contributed by atoms with Gasteiger partial charge in [0.05, 0.1) is 26.9 Å². The van der Waals surface area contributed by atoms with Gasteiger partial charge in [0, 0.05) is 16.0 Å². The molecule has 1 aromatic heterocycles. The number of carbonyl (C=O) groups is 3. The average Bonchev–Trinajstić information content (AvgIpc) is 3.46. The fourth-order valence-electron chi connectivity index (χ4n) is 6.48. The standard InChI is InChI=1S/C21H16Cl2N2O5S2/c22-9-3-1-2-6(15(9)23)11-12-7-4-8(16(12)31-18-17(11)32-21(30)24-18)14-13(7)19(28)25(20(14)29)5-10(26)27/h1-3,7-8,11-14,16H,4-5H2,(H,24,30)(H,26,27)/t7-,8-,11+,12-,13+,14-,16+/m1/s1. The van der Waals surface area contributed by atoms with Crippen LogP contribution in [0, 0.1) is 29.6 Å². The van der Waals surface area contributed by atoms with E-state index in [0.29, 0.717) is 10.0 Å². The van der Waals surface area contributed by atoms with Crippen LogP contribution < -0.4 is 4.87 Å². The van der Waals surface area contributed by atoms with Crippen molar-refractivity contribution in [3.63, 3.8) is 0 Å². The maximum Gasteiger partial charge on any atom is 0.323 e. The van der Waals surface area contributed by atoms with Crippen LogP contribution in [0.5, 0.6) is 0 Å². The van der Waals surface area contributed by atoms with Crippen molar-refractivity contribution in [1.82, 2.24) is 9.88 Å². The Morgan fingerprint density at radius 3 is 2.59 bits per heavy atom. The molecule has 2 saturated carbocycles. The minimum absolute atomic E-state index is 0.0114. The van der Waals surface area contributed by atoms with Crippen molar-refractivity contribution in [2.75, 3.05) is 6.54 Å². The summed E-state index contributed by atoms with van der Waals surface area (Å²) in [5.74, 6) is -3.38. The second-order valence-corrected chi connectivity index (χ2v) is 11.7. The third kappa shape index (κ3) is 2.68. The van der Waals surface area contributed by atoms with Gasteiger partial charge in [-0.25, -0.2) is 0 Å². The van der Waals surface area contributed by atoms with Gasteiger partial charge in [-0.05, 0) is 35.8 Å². The van der Waals surface area contributed by atoms with E-state index in [9.17, 15) is 24.3 Å². The molecule has 166 valence electrons. The number of carboxylic acids is 1. The minimum atomic E-state index is -1.20. The lowest BCUT2D eigenvalue weighted by atomic mass is 9.68. The third-order valence-electron chi connectivity index (χ3n) is 7.43. The van der Waals surface area contributed by atoms with Crippen LogP contribution >= 0.6 is 46.3 Å². The number of thioether (sulfide) groups is 1. The number of thiazole rings is 1. The number of carbonyl (C=O) groups excluding carboxylic acids is 2. The first-order valence-electron chi connectivity index (χ1n) is 10.2. The molecule has 0 spiro atoms. The Morgan fingerprint density at radius 1 is 1.16 bits per heavy atom. The van der Waals surface area contributed by atoms with Crippen LogP contribution in [-0.2, 0) is 14.4 Å². The van der Waals surface area contributed by atoms with Crippen molar-refractivity contribution in [3.05, 3.63) is 48.4 Å². The zero-order chi connectivity index (χ0) is 22.5. The van der Waals surface area contributed by atoms with E-state index >= 15 is 0 Å². The summed E-state index contributed by atoms with van der Waals surface area (Å²) >= 11 is 15.7. The first-order chi connectivity index (χ1) is 15.3. The number of aromatic nitrogens is 1. The van der Waals surface area contributed by atoms with Crippen molar-refractivity contribution in [3.8, 4) is 0 Å². The molecule has 2 amide bonds. The summed E-state index contributed by atoms with van der Waals surface area (Å²) in [6, 6.07) is 5.44. The van der Waals surface area contributed by atoms with E-state index in [4.69, 9.17) is 23.2 Å². The Labute approximate surface area is 200 Å². The van der Waals surface area contributed by atoms with Crippen LogP contribution in [0.25, 0.3) is 0 Å². The molecule has 2 aromatic rings. The van der Waals surface area contributed by atoms with Crippen molar-refractivity contribution < 1.29 is 19.5 Å². The second kappa shape index (κ2) is 7.09. The quantitative estimate of drug-likeness (QED) is 0.613. The Bertz CT molecular complexity index is 1260. The lowest BCUT2D eigenvalue weighted by Gasteiger charge is -2.43. The summed E-state index contributed by atoms with van der Waals surface area (Å²) in [7, 11) is 0. The normalized spacial score (nSPS) is 34.6. The number of nitrogens with one attached hydrogen (secondary N) is 1. The summed E-state index contributed by atoms with van der Waals surface area (Å²) in [5.41, 5.74) is 0.814. The molecule has 0 radical (unpaired) electrons. The number of amides is 2. The van der Waals surface area contributed by atoms with E-state index in [1.807, 2.05) is 12.1 Å². The number of imide groups is 1. The molecule has 4 aliphatic rings. The van der Waals surface area contributed by atoms with Gasteiger partial charge in [0.1, 0.15) is 6.54 Å². The smallest absolute Gasteiger partial charge is 0.323 e. The number of carboxylic acid groups (broad SMARTS) is 1. The van der Waals surface area contributed by atoms with E-state index in [1.165, 1.54) is 0 Å². The molecule has 2 aliphatic heterocycles. The van der Waals surface area contributed by atoms with Crippen LogP contribution in [0.1, 0.15) is 22.8 Å².